The van der Waals surface area contributed by atoms with Gasteiger partial charge in [0.2, 0.25) is 0 Å². The molecule has 1 spiro atoms. The number of unbranched alkanes of at least 4 members (excludes halogenated alkanes) is 6. The Morgan fingerprint density at radius 1 is 0.976 bits per heavy atom. The first kappa shape index (κ1) is 33.2. The number of hydrogen-bond donors (Lipinski definition) is 4. The molecule has 238 valence electrons. The maximum atomic E-state index is 13.2. The Morgan fingerprint density at radius 2 is 1.57 bits per heavy atom. The van der Waals surface area contributed by atoms with Gasteiger partial charge < -0.3 is 29.9 Å². The topological polar surface area (TPSA) is 134 Å². The van der Waals surface area contributed by atoms with E-state index >= 15 is 0 Å². The highest BCUT2D eigenvalue weighted by Gasteiger charge is 2.83. The van der Waals surface area contributed by atoms with E-state index in [0.29, 0.717) is 24.8 Å². The number of ether oxygens (including phenoxy) is 2. The largest absolute Gasteiger partial charge is 0.458 e. The number of aliphatic hydroxyl groups is 4. The second-order valence-corrected chi connectivity index (χ2v) is 14.1. The zero-order valence-electron chi connectivity index (χ0n) is 26.5. The van der Waals surface area contributed by atoms with Crippen LogP contribution in [0.5, 0.6) is 0 Å². The molecule has 0 aromatic rings. The summed E-state index contributed by atoms with van der Waals surface area (Å²) in [7, 11) is 0. The zero-order chi connectivity index (χ0) is 31.1. The van der Waals surface area contributed by atoms with Gasteiger partial charge in [-0.25, -0.2) is 0 Å². The van der Waals surface area contributed by atoms with Gasteiger partial charge in [-0.05, 0) is 43.3 Å². The molecule has 0 radical (unpaired) electrons. The SMILES string of the molecule is CCCCCCCC(=O)O[C@@]12C[C@@H](C)[C@]34C=C(C)[C@H](OC(=O)CCCCC)[C@@]3(O)[C@H](O)C(CO)=C[C@H](C4O)[C@@H]1C2(C)C. The van der Waals surface area contributed by atoms with Crippen molar-refractivity contribution in [3.8, 4) is 0 Å². The molecule has 2 bridgehead atoms. The molecule has 0 aromatic heterocycles. The van der Waals surface area contributed by atoms with Crippen molar-refractivity contribution in [3.63, 3.8) is 0 Å². The summed E-state index contributed by atoms with van der Waals surface area (Å²) in [6.07, 6.45) is 7.97. The smallest absolute Gasteiger partial charge is 0.306 e. The first-order valence-corrected chi connectivity index (χ1v) is 16.3. The number of carbonyl (C=O) groups excluding carboxylic acids is 2. The van der Waals surface area contributed by atoms with Gasteiger partial charge in [-0.15, -0.1) is 0 Å². The highest BCUT2D eigenvalue weighted by molar-refractivity contribution is 5.71. The fourth-order valence-electron chi connectivity index (χ4n) is 9.04. The third kappa shape index (κ3) is 4.98. The zero-order valence-corrected chi connectivity index (χ0v) is 26.5. The molecule has 8 nitrogen and oxygen atoms in total. The van der Waals surface area contributed by atoms with E-state index in [1.54, 1.807) is 19.1 Å². The Hall–Kier alpha value is -1.74. The minimum atomic E-state index is -2.12. The van der Waals surface area contributed by atoms with Crippen LogP contribution in [0.15, 0.2) is 23.3 Å². The van der Waals surface area contributed by atoms with Crippen LogP contribution in [0.1, 0.15) is 112 Å². The van der Waals surface area contributed by atoms with Crippen molar-refractivity contribution in [2.45, 2.75) is 142 Å². The number of rotatable bonds is 13. The third-order valence-electron chi connectivity index (χ3n) is 11.3. The molecule has 2 saturated carbocycles. The Balaban J connectivity index is 1.71. The molecule has 0 heterocycles. The van der Waals surface area contributed by atoms with Crippen LogP contribution in [0.3, 0.4) is 0 Å². The van der Waals surface area contributed by atoms with E-state index in [4.69, 9.17) is 9.47 Å². The lowest BCUT2D eigenvalue weighted by molar-refractivity contribution is -0.225. The van der Waals surface area contributed by atoms with Gasteiger partial charge in [0.05, 0.1) is 18.1 Å². The molecule has 0 aliphatic heterocycles. The fourth-order valence-corrected chi connectivity index (χ4v) is 9.04. The molecule has 42 heavy (non-hydrogen) atoms. The molecule has 0 saturated heterocycles. The van der Waals surface area contributed by atoms with Gasteiger partial charge >= 0.3 is 11.9 Å². The first-order valence-electron chi connectivity index (χ1n) is 16.3. The van der Waals surface area contributed by atoms with Gasteiger partial charge in [-0.2, -0.15) is 0 Å². The van der Waals surface area contributed by atoms with Crippen LogP contribution in [0.25, 0.3) is 0 Å². The Bertz CT molecular complexity index is 1080. The summed E-state index contributed by atoms with van der Waals surface area (Å²) < 4.78 is 12.3. The quantitative estimate of drug-likeness (QED) is 0.137. The molecular formula is C34H54O8. The van der Waals surface area contributed by atoms with Crippen LogP contribution in [0.2, 0.25) is 0 Å². The Kier molecular flexibility index (Phi) is 9.74. The molecule has 4 N–H and O–H groups in total. The summed E-state index contributed by atoms with van der Waals surface area (Å²) in [4.78, 5) is 26.1. The van der Waals surface area contributed by atoms with Crippen LogP contribution in [-0.2, 0) is 19.1 Å². The highest BCUT2D eigenvalue weighted by atomic mass is 16.6. The molecule has 9 atom stereocenters. The van der Waals surface area contributed by atoms with Crippen molar-refractivity contribution in [1.82, 2.24) is 0 Å². The van der Waals surface area contributed by atoms with Crippen molar-refractivity contribution in [3.05, 3.63) is 23.3 Å². The molecule has 8 heteroatoms. The average Bonchev–Trinajstić information content (AvgIpc) is 3.33. The second-order valence-electron chi connectivity index (χ2n) is 14.1. The fraction of sp³-hybridized carbons (Fsp3) is 0.824. The molecule has 4 aliphatic rings. The van der Waals surface area contributed by atoms with Gasteiger partial charge in [-0.1, -0.05) is 85.3 Å². The lowest BCUT2D eigenvalue weighted by Gasteiger charge is -2.52. The number of aliphatic hydroxyl groups excluding tert-OH is 3. The van der Waals surface area contributed by atoms with E-state index in [1.807, 2.05) is 27.7 Å². The molecule has 0 aromatic carbocycles. The van der Waals surface area contributed by atoms with Gasteiger partial charge in [0.15, 0.2) is 6.10 Å². The van der Waals surface area contributed by atoms with Gasteiger partial charge in [0, 0.05) is 30.1 Å². The van der Waals surface area contributed by atoms with Crippen LogP contribution >= 0.6 is 0 Å². The van der Waals surface area contributed by atoms with E-state index in [0.717, 1.165) is 44.9 Å². The van der Waals surface area contributed by atoms with Crippen molar-refractivity contribution < 1.29 is 39.5 Å². The number of fused-ring (bicyclic) bond motifs is 3. The lowest BCUT2D eigenvalue weighted by atomic mass is 9.58. The average molecular weight is 591 g/mol. The van der Waals surface area contributed by atoms with Gasteiger partial charge in [0.1, 0.15) is 17.3 Å². The Morgan fingerprint density at radius 3 is 2.21 bits per heavy atom. The van der Waals surface area contributed by atoms with Crippen molar-refractivity contribution >= 4 is 11.9 Å². The summed E-state index contributed by atoms with van der Waals surface area (Å²) in [5.74, 6) is -2.10. The lowest BCUT2D eigenvalue weighted by Crippen LogP contribution is -2.67. The van der Waals surface area contributed by atoms with Gasteiger partial charge in [-0.3, -0.25) is 9.59 Å². The molecule has 1 unspecified atom stereocenters. The van der Waals surface area contributed by atoms with E-state index in [9.17, 15) is 30.0 Å². The van der Waals surface area contributed by atoms with Crippen LogP contribution in [0.4, 0.5) is 0 Å². The van der Waals surface area contributed by atoms with Crippen LogP contribution in [-0.4, -0.2) is 68.5 Å². The van der Waals surface area contributed by atoms with Crippen molar-refractivity contribution in [2.75, 3.05) is 6.61 Å². The molecule has 2 fully saturated rings. The first-order chi connectivity index (χ1) is 19.8. The third-order valence-corrected chi connectivity index (χ3v) is 11.3. The molecule has 4 rings (SSSR count). The monoisotopic (exact) mass is 590 g/mol. The van der Waals surface area contributed by atoms with Crippen molar-refractivity contribution in [2.24, 2.45) is 28.6 Å². The molecule has 0 amide bonds. The number of hydrogen-bond acceptors (Lipinski definition) is 8. The number of carbonyl (C=O) groups is 2. The number of esters is 2. The van der Waals surface area contributed by atoms with E-state index < -0.39 is 64.8 Å². The predicted molar refractivity (Wildman–Crippen MR) is 159 cm³/mol. The maximum absolute atomic E-state index is 13.2. The summed E-state index contributed by atoms with van der Waals surface area (Å²) in [5.41, 5.74) is -4.15. The summed E-state index contributed by atoms with van der Waals surface area (Å²) >= 11 is 0. The normalized spacial score (nSPS) is 39.7. The summed E-state index contributed by atoms with van der Waals surface area (Å²) in [6.45, 7) is 11.4. The summed E-state index contributed by atoms with van der Waals surface area (Å²) in [5, 5.41) is 47.1. The maximum Gasteiger partial charge on any atom is 0.306 e. The standard InChI is InChI=1S/C34H54O8/c1-7-9-11-12-14-16-26(37)42-33-19-22(4)32-18-21(3)30(41-25(36)15-13-10-8-2)34(32,40)28(38)23(20-35)17-24(29(32)39)27(33)31(33,5)6/h17-18,22,24,27-30,35,38-40H,7-16,19-20H2,1-6H3/t22-,24+,27-,28-,29?,30+,32+,33+,34+/m1/s1. The van der Waals surface area contributed by atoms with E-state index in [1.165, 1.54) is 0 Å². The predicted octanol–water partition coefficient (Wildman–Crippen LogP) is 4.76. The van der Waals surface area contributed by atoms with Gasteiger partial charge in [0.25, 0.3) is 0 Å². The van der Waals surface area contributed by atoms with E-state index in [2.05, 4.69) is 6.92 Å². The molecule has 4 aliphatic carbocycles. The van der Waals surface area contributed by atoms with Crippen LogP contribution < -0.4 is 0 Å². The second kappa shape index (κ2) is 12.3. The van der Waals surface area contributed by atoms with E-state index in [-0.39, 0.29) is 23.9 Å². The highest BCUT2D eigenvalue weighted by Crippen LogP contribution is 2.76. The van der Waals surface area contributed by atoms with Crippen LogP contribution in [0, 0.1) is 28.6 Å². The minimum Gasteiger partial charge on any atom is -0.458 e. The Labute approximate surface area is 251 Å². The minimum absolute atomic E-state index is 0.173. The summed E-state index contributed by atoms with van der Waals surface area (Å²) in [6, 6.07) is 0. The molecular weight excluding hydrogens is 536 g/mol. The van der Waals surface area contributed by atoms with Crippen molar-refractivity contribution in [1.29, 1.82) is 0 Å².